The van der Waals surface area contributed by atoms with Crippen LogP contribution in [0.15, 0.2) is 0 Å². The van der Waals surface area contributed by atoms with Gasteiger partial charge in [-0.1, -0.05) is 6.92 Å². The third-order valence-electron chi connectivity index (χ3n) is 0.912. The highest BCUT2D eigenvalue weighted by Gasteiger charge is 2.51. The lowest BCUT2D eigenvalue weighted by Gasteiger charge is -2.07. The molecule has 0 heterocycles. The second-order valence-corrected chi connectivity index (χ2v) is 2.99. The summed E-state index contributed by atoms with van der Waals surface area (Å²) < 4.78 is 13.6. The van der Waals surface area contributed by atoms with Gasteiger partial charge in [0.15, 0.2) is 0 Å². The largest absolute Gasteiger partial charge is 0.510 e. The third kappa shape index (κ3) is 2.72. The predicted molar refractivity (Wildman–Crippen MR) is 41.0 cm³/mol. The number of rotatable bonds is 4. The summed E-state index contributed by atoms with van der Waals surface area (Å²) in [5.41, 5.74) is 0. The minimum atomic E-state index is -3.32. The zero-order valence-corrected chi connectivity index (χ0v) is 7.84. The molecule has 0 aromatic carbocycles. The monoisotopic (exact) mass is 243 g/mol. The van der Waals surface area contributed by atoms with E-state index in [0.717, 1.165) is 0 Å². The number of alkyl halides is 2. The molecule has 0 aliphatic rings. The number of halogens is 2. The Kier molecular flexibility index (Phi) is 4.08. The minimum absolute atomic E-state index is 0.0378. The minimum Gasteiger partial charge on any atom is -0.457 e. The Labute approximate surface area is 76.2 Å². The molecule has 0 aromatic rings. The molecule has 0 rings (SSSR count). The number of esters is 1. The van der Waals surface area contributed by atoms with Gasteiger partial charge in [0, 0.05) is 0 Å². The average Bonchev–Trinajstić information content (AvgIpc) is 1.99. The molecule has 5 nitrogen and oxygen atoms in total. The van der Waals surface area contributed by atoms with Crippen LogP contribution in [0.2, 0.25) is 0 Å². The summed E-state index contributed by atoms with van der Waals surface area (Å²) in [6.07, 6.45) is 0.479. The third-order valence-corrected chi connectivity index (χ3v) is 1.53. The summed E-state index contributed by atoms with van der Waals surface area (Å²) in [7, 11) is 0. The highest BCUT2D eigenvalue weighted by atomic mass is 79.9. The predicted octanol–water partition coefficient (Wildman–Crippen LogP) is 1.23. The maximum Gasteiger partial charge on any atom is 0.510 e. The number of ether oxygens (including phenoxy) is 1. The molecule has 0 aliphatic carbocycles. The summed E-state index contributed by atoms with van der Waals surface area (Å²) in [5, 5.41) is 9.91. The summed E-state index contributed by atoms with van der Waals surface area (Å²) in [4.78, 5) is 19.1. The first-order valence-electron chi connectivity index (χ1n) is 3.12. The van der Waals surface area contributed by atoms with Crippen molar-refractivity contribution in [1.82, 2.24) is 0 Å². The molecule has 0 amide bonds. The Morgan fingerprint density at radius 3 is 2.67 bits per heavy atom. The summed E-state index contributed by atoms with van der Waals surface area (Å²) in [6, 6.07) is 0. The Bertz CT molecular complexity index is 196. The SMILES string of the molecule is CCCOC(=O)C(F)(Br)[N+](=O)[O-]. The average molecular weight is 244 g/mol. The molecule has 7 heteroatoms. The lowest BCUT2D eigenvalue weighted by molar-refractivity contribution is -0.553. The quantitative estimate of drug-likeness (QED) is 0.245. The van der Waals surface area contributed by atoms with Gasteiger partial charge >= 0.3 is 10.7 Å². The fourth-order valence-corrected chi connectivity index (χ4v) is 0.471. The maximum absolute atomic E-state index is 12.7. The van der Waals surface area contributed by atoms with Crippen LogP contribution in [0.1, 0.15) is 13.3 Å². The number of carbonyl (C=O) groups is 1. The Hall–Kier alpha value is -0.720. The number of nitro groups is 1. The van der Waals surface area contributed by atoms with E-state index in [1.165, 1.54) is 0 Å². The van der Waals surface area contributed by atoms with E-state index in [1.54, 1.807) is 6.92 Å². The first kappa shape index (κ1) is 11.3. The van der Waals surface area contributed by atoms with Crippen molar-refractivity contribution in [3.8, 4) is 0 Å². The van der Waals surface area contributed by atoms with Gasteiger partial charge in [-0.15, -0.1) is 4.39 Å². The van der Waals surface area contributed by atoms with E-state index in [2.05, 4.69) is 4.74 Å². The summed E-state index contributed by atoms with van der Waals surface area (Å²) >= 11 is 2.00. The molecular weight excluding hydrogens is 237 g/mol. The normalized spacial score (nSPS) is 14.9. The van der Waals surface area contributed by atoms with Crippen molar-refractivity contribution in [2.24, 2.45) is 0 Å². The molecule has 1 unspecified atom stereocenters. The van der Waals surface area contributed by atoms with Crippen molar-refractivity contribution in [2.75, 3.05) is 6.61 Å². The molecule has 0 aliphatic heterocycles. The Balaban J connectivity index is 4.16. The van der Waals surface area contributed by atoms with Gasteiger partial charge in [0.1, 0.15) is 0 Å². The molecule has 12 heavy (non-hydrogen) atoms. The zero-order chi connectivity index (χ0) is 9.78. The molecule has 0 radical (unpaired) electrons. The number of hydrogen-bond donors (Lipinski definition) is 0. The Morgan fingerprint density at radius 2 is 2.33 bits per heavy atom. The maximum atomic E-state index is 12.7. The number of carbonyl (C=O) groups excluding carboxylic acids is 1. The molecule has 0 spiro atoms. The Morgan fingerprint density at radius 1 is 1.83 bits per heavy atom. The highest BCUT2D eigenvalue weighted by Crippen LogP contribution is 2.22. The second kappa shape index (κ2) is 4.34. The molecule has 0 bridgehead atoms. The fraction of sp³-hybridized carbons (Fsp3) is 0.800. The van der Waals surface area contributed by atoms with E-state index < -0.39 is 15.6 Å². The van der Waals surface area contributed by atoms with Crippen molar-refractivity contribution >= 4 is 21.9 Å². The molecule has 70 valence electrons. The summed E-state index contributed by atoms with van der Waals surface area (Å²) in [5.74, 6) is -1.53. The molecular formula is C5H7BrFNO4. The van der Waals surface area contributed by atoms with E-state index in [9.17, 15) is 19.3 Å². The van der Waals surface area contributed by atoms with Gasteiger partial charge in [-0.05, 0) is 6.42 Å². The molecule has 1 atom stereocenters. The van der Waals surface area contributed by atoms with Crippen LogP contribution in [0.25, 0.3) is 0 Å². The smallest absolute Gasteiger partial charge is 0.457 e. The van der Waals surface area contributed by atoms with Crippen LogP contribution in [0.5, 0.6) is 0 Å². The van der Waals surface area contributed by atoms with Gasteiger partial charge in [0.2, 0.25) is 0 Å². The van der Waals surface area contributed by atoms with Gasteiger partial charge < -0.3 is 4.74 Å². The van der Waals surface area contributed by atoms with Crippen molar-refractivity contribution in [3.05, 3.63) is 10.1 Å². The lowest BCUT2D eigenvalue weighted by atomic mass is 10.5. The van der Waals surface area contributed by atoms with Crippen LogP contribution < -0.4 is 0 Å². The van der Waals surface area contributed by atoms with E-state index >= 15 is 0 Å². The van der Waals surface area contributed by atoms with Gasteiger partial charge in [-0.25, -0.2) is 4.79 Å². The molecule has 0 N–H and O–H groups in total. The number of hydrogen-bond acceptors (Lipinski definition) is 4. The van der Waals surface area contributed by atoms with Crippen molar-refractivity contribution < 1.29 is 18.8 Å². The van der Waals surface area contributed by atoms with Crippen LogP contribution in [0.3, 0.4) is 0 Å². The fourth-order valence-electron chi connectivity index (χ4n) is 0.356. The van der Waals surface area contributed by atoms with Crippen LogP contribution >= 0.6 is 15.9 Å². The van der Waals surface area contributed by atoms with E-state index in [1.807, 2.05) is 15.9 Å². The van der Waals surface area contributed by atoms with Crippen molar-refractivity contribution in [3.63, 3.8) is 0 Å². The lowest BCUT2D eigenvalue weighted by Crippen LogP contribution is -2.37. The van der Waals surface area contributed by atoms with Gasteiger partial charge in [-0.3, -0.25) is 10.1 Å². The molecule has 0 saturated heterocycles. The zero-order valence-electron chi connectivity index (χ0n) is 6.25. The van der Waals surface area contributed by atoms with E-state index in [-0.39, 0.29) is 6.61 Å². The highest BCUT2D eigenvalue weighted by molar-refractivity contribution is 9.10. The molecule has 0 fully saturated rings. The van der Waals surface area contributed by atoms with Crippen LogP contribution in [-0.2, 0) is 9.53 Å². The van der Waals surface area contributed by atoms with E-state index in [0.29, 0.717) is 6.42 Å². The van der Waals surface area contributed by atoms with Crippen LogP contribution in [0, 0.1) is 10.1 Å². The first-order valence-corrected chi connectivity index (χ1v) is 3.91. The van der Waals surface area contributed by atoms with Gasteiger partial charge in [0.25, 0.3) is 0 Å². The van der Waals surface area contributed by atoms with Crippen molar-refractivity contribution in [2.45, 2.75) is 18.0 Å². The molecule has 0 saturated carbocycles. The van der Waals surface area contributed by atoms with Crippen molar-refractivity contribution in [1.29, 1.82) is 0 Å². The van der Waals surface area contributed by atoms with Crippen LogP contribution in [0.4, 0.5) is 4.39 Å². The second-order valence-electron chi connectivity index (χ2n) is 1.93. The molecule has 0 aromatic heterocycles. The van der Waals surface area contributed by atoms with Crippen LogP contribution in [-0.4, -0.2) is 22.2 Å². The number of nitrogens with zero attached hydrogens (tertiary/aromatic N) is 1. The topological polar surface area (TPSA) is 69.4 Å². The first-order chi connectivity index (χ1) is 5.42. The standard InChI is InChI=1S/C5H7BrFNO4/c1-2-3-12-4(9)5(6,7)8(10)11/h2-3H2,1H3. The van der Waals surface area contributed by atoms with Gasteiger partial charge in [-0.2, -0.15) is 0 Å². The summed E-state index contributed by atoms with van der Waals surface area (Å²) in [6.45, 7) is 1.65. The van der Waals surface area contributed by atoms with Gasteiger partial charge in [0.05, 0.1) is 27.5 Å². The van der Waals surface area contributed by atoms with E-state index in [4.69, 9.17) is 0 Å².